The Morgan fingerprint density at radius 2 is 2.38 bits per heavy atom. The number of rotatable bonds is 1. The number of alkyl halides is 1. The van der Waals surface area contributed by atoms with Gasteiger partial charge in [-0.3, -0.25) is 0 Å². The maximum atomic E-state index is 12.6. The van der Waals surface area contributed by atoms with Crippen LogP contribution < -0.4 is 5.32 Å². The van der Waals surface area contributed by atoms with E-state index in [2.05, 4.69) is 21.2 Å². The molecule has 1 N–H and O–H groups in total. The summed E-state index contributed by atoms with van der Waals surface area (Å²) in [5, 5.41) is 3.16. The van der Waals surface area contributed by atoms with Gasteiger partial charge in [0.2, 0.25) is 0 Å². The maximum absolute atomic E-state index is 12.6. The molecule has 0 bridgehead atoms. The average Bonchev–Trinajstić information content (AvgIpc) is 2.18. The van der Waals surface area contributed by atoms with Gasteiger partial charge in [0.1, 0.15) is 6.67 Å². The van der Waals surface area contributed by atoms with Crippen LogP contribution in [0.5, 0.6) is 0 Å². The molecule has 1 unspecified atom stereocenters. The van der Waals surface area contributed by atoms with Crippen LogP contribution in [0.1, 0.15) is 17.2 Å². The second-order valence-electron chi connectivity index (χ2n) is 3.22. The zero-order valence-electron chi connectivity index (χ0n) is 7.19. The van der Waals surface area contributed by atoms with Gasteiger partial charge in [-0.25, -0.2) is 4.39 Å². The zero-order chi connectivity index (χ0) is 9.26. The lowest BCUT2D eigenvalue weighted by atomic mass is 9.95. The molecular formula is C10H11BrFN. The Balaban J connectivity index is 2.45. The highest BCUT2D eigenvalue weighted by Gasteiger charge is 2.20. The van der Waals surface area contributed by atoms with Crippen LogP contribution >= 0.6 is 15.9 Å². The molecule has 0 aliphatic carbocycles. The van der Waals surface area contributed by atoms with Gasteiger partial charge in [-0.15, -0.1) is 0 Å². The third kappa shape index (κ3) is 1.63. The summed E-state index contributed by atoms with van der Waals surface area (Å²) in [7, 11) is 0. The summed E-state index contributed by atoms with van der Waals surface area (Å²) >= 11 is 3.49. The van der Waals surface area contributed by atoms with Crippen LogP contribution in [0.25, 0.3) is 0 Å². The van der Waals surface area contributed by atoms with E-state index < -0.39 is 0 Å². The Morgan fingerprint density at radius 1 is 1.54 bits per heavy atom. The molecule has 13 heavy (non-hydrogen) atoms. The highest BCUT2D eigenvalue weighted by atomic mass is 79.9. The highest BCUT2D eigenvalue weighted by Crippen LogP contribution is 2.28. The topological polar surface area (TPSA) is 12.0 Å². The summed E-state index contributed by atoms with van der Waals surface area (Å²) in [6.07, 6.45) is 0.979. The van der Waals surface area contributed by atoms with Gasteiger partial charge < -0.3 is 5.32 Å². The molecule has 1 aliphatic heterocycles. The number of nitrogens with one attached hydrogen (secondary N) is 1. The molecule has 1 nitrogen and oxygen atoms in total. The van der Waals surface area contributed by atoms with Crippen molar-refractivity contribution >= 4 is 15.9 Å². The van der Waals surface area contributed by atoms with Crippen LogP contribution in [-0.2, 0) is 6.42 Å². The molecule has 1 aromatic carbocycles. The molecule has 0 aromatic heterocycles. The molecule has 0 saturated carbocycles. The van der Waals surface area contributed by atoms with E-state index in [0.29, 0.717) is 0 Å². The zero-order valence-corrected chi connectivity index (χ0v) is 8.77. The summed E-state index contributed by atoms with van der Waals surface area (Å²) in [4.78, 5) is 0. The molecule has 1 heterocycles. The van der Waals surface area contributed by atoms with E-state index in [-0.39, 0.29) is 12.7 Å². The molecule has 3 heteroatoms. The first-order valence-electron chi connectivity index (χ1n) is 4.39. The minimum Gasteiger partial charge on any atom is -0.307 e. The van der Waals surface area contributed by atoms with Crippen molar-refractivity contribution < 1.29 is 4.39 Å². The van der Waals surface area contributed by atoms with Crippen molar-refractivity contribution in [2.24, 2.45) is 0 Å². The molecule has 1 aromatic rings. The Labute approximate surface area is 85.5 Å². The van der Waals surface area contributed by atoms with Crippen LogP contribution in [0.2, 0.25) is 0 Å². The predicted molar refractivity (Wildman–Crippen MR) is 54.6 cm³/mol. The second kappa shape index (κ2) is 3.76. The van der Waals surface area contributed by atoms with Crippen LogP contribution in [0.4, 0.5) is 4.39 Å². The second-order valence-corrected chi connectivity index (χ2v) is 4.07. The van der Waals surface area contributed by atoms with Crippen molar-refractivity contribution in [2.45, 2.75) is 12.5 Å². The Kier molecular flexibility index (Phi) is 2.65. The van der Waals surface area contributed by atoms with Crippen molar-refractivity contribution in [2.75, 3.05) is 13.2 Å². The van der Waals surface area contributed by atoms with Crippen LogP contribution in [-0.4, -0.2) is 13.2 Å². The van der Waals surface area contributed by atoms with Gasteiger partial charge in [0.15, 0.2) is 0 Å². The van der Waals surface area contributed by atoms with E-state index >= 15 is 0 Å². The van der Waals surface area contributed by atoms with Crippen molar-refractivity contribution in [3.8, 4) is 0 Å². The summed E-state index contributed by atoms with van der Waals surface area (Å²) in [6.45, 7) is 0.535. The number of hydrogen-bond donors (Lipinski definition) is 1. The largest absolute Gasteiger partial charge is 0.307 e. The molecule has 0 fully saturated rings. The van der Waals surface area contributed by atoms with Crippen LogP contribution in [0.15, 0.2) is 22.7 Å². The van der Waals surface area contributed by atoms with E-state index in [9.17, 15) is 4.39 Å². The number of hydrogen-bond acceptors (Lipinski definition) is 1. The minimum atomic E-state index is -0.330. The molecule has 0 saturated heterocycles. The maximum Gasteiger partial charge on any atom is 0.109 e. The van der Waals surface area contributed by atoms with Crippen LogP contribution in [0.3, 0.4) is 0 Å². The molecule has 0 radical (unpaired) electrons. The van der Waals surface area contributed by atoms with E-state index in [1.165, 1.54) is 5.56 Å². The fraction of sp³-hybridized carbons (Fsp3) is 0.400. The van der Waals surface area contributed by atoms with Gasteiger partial charge in [-0.05, 0) is 30.2 Å². The normalized spacial score (nSPS) is 21.2. The smallest absolute Gasteiger partial charge is 0.109 e. The fourth-order valence-electron chi connectivity index (χ4n) is 1.78. The van der Waals surface area contributed by atoms with Gasteiger partial charge >= 0.3 is 0 Å². The van der Waals surface area contributed by atoms with Crippen LogP contribution in [0, 0.1) is 0 Å². The summed E-state index contributed by atoms with van der Waals surface area (Å²) in [6, 6.07) is 5.86. The van der Waals surface area contributed by atoms with E-state index in [0.717, 1.165) is 23.0 Å². The summed E-state index contributed by atoms with van der Waals surface area (Å²) in [5.41, 5.74) is 2.35. The predicted octanol–water partition coefficient (Wildman–Crippen LogP) is 2.61. The van der Waals surface area contributed by atoms with Crippen molar-refractivity contribution in [1.82, 2.24) is 5.32 Å². The Hall–Kier alpha value is -0.410. The minimum absolute atomic E-state index is 0.110. The lowest BCUT2D eigenvalue weighted by Gasteiger charge is -2.25. The lowest BCUT2D eigenvalue weighted by Crippen LogP contribution is -2.31. The first-order valence-corrected chi connectivity index (χ1v) is 5.19. The van der Waals surface area contributed by atoms with Crippen molar-refractivity contribution in [1.29, 1.82) is 0 Å². The Morgan fingerprint density at radius 3 is 3.15 bits per heavy atom. The van der Waals surface area contributed by atoms with Crippen molar-refractivity contribution in [3.63, 3.8) is 0 Å². The summed E-state index contributed by atoms with van der Waals surface area (Å²) < 4.78 is 13.7. The van der Waals surface area contributed by atoms with Gasteiger partial charge in [-0.1, -0.05) is 28.1 Å². The fourth-order valence-corrected chi connectivity index (χ4v) is 2.36. The molecular weight excluding hydrogens is 233 g/mol. The standard InChI is InChI=1S/C10H11BrFN/c11-9-3-1-2-8-7(9)4-5-13-10(8)6-12/h1-3,10,13H,4-6H2. The summed E-state index contributed by atoms with van der Waals surface area (Å²) in [5.74, 6) is 0. The highest BCUT2D eigenvalue weighted by molar-refractivity contribution is 9.10. The van der Waals surface area contributed by atoms with Gasteiger partial charge in [0.25, 0.3) is 0 Å². The molecule has 0 amide bonds. The monoisotopic (exact) mass is 243 g/mol. The number of halogens is 2. The average molecular weight is 244 g/mol. The van der Waals surface area contributed by atoms with Gasteiger partial charge in [-0.2, -0.15) is 0 Å². The third-order valence-electron chi connectivity index (χ3n) is 2.45. The molecule has 0 spiro atoms. The first kappa shape index (κ1) is 9.16. The number of benzene rings is 1. The van der Waals surface area contributed by atoms with Gasteiger partial charge in [0.05, 0.1) is 6.04 Å². The SMILES string of the molecule is FCC1NCCc2c(Br)cccc21. The lowest BCUT2D eigenvalue weighted by molar-refractivity contribution is 0.370. The van der Waals surface area contributed by atoms with E-state index in [1.54, 1.807) is 0 Å². The van der Waals surface area contributed by atoms with Gasteiger partial charge in [0, 0.05) is 4.47 Å². The third-order valence-corrected chi connectivity index (χ3v) is 3.19. The molecule has 1 aliphatic rings. The number of fused-ring (bicyclic) bond motifs is 1. The first-order chi connectivity index (χ1) is 6.33. The quantitative estimate of drug-likeness (QED) is 0.800. The molecule has 1 atom stereocenters. The van der Waals surface area contributed by atoms with Crippen molar-refractivity contribution in [3.05, 3.63) is 33.8 Å². The molecule has 70 valence electrons. The molecule has 2 rings (SSSR count). The van der Waals surface area contributed by atoms with E-state index in [1.807, 2.05) is 18.2 Å². The Bertz CT molecular complexity index is 314. The van der Waals surface area contributed by atoms with E-state index in [4.69, 9.17) is 0 Å².